The number of hydrogen-bond acceptors (Lipinski definition) is 5. The summed E-state index contributed by atoms with van der Waals surface area (Å²) < 4.78 is 5.96. The smallest absolute Gasteiger partial charge is 0.222 e. The van der Waals surface area contributed by atoms with E-state index in [4.69, 9.17) is 21.9 Å². The van der Waals surface area contributed by atoms with Gasteiger partial charge in [-0.05, 0) is 35.4 Å². The van der Waals surface area contributed by atoms with E-state index < -0.39 is 5.54 Å². The molecule has 1 atom stereocenters. The first kappa shape index (κ1) is 19.2. The summed E-state index contributed by atoms with van der Waals surface area (Å²) in [6.07, 6.45) is 5.12. The maximum Gasteiger partial charge on any atom is 0.222 e. The molecule has 0 spiro atoms. The van der Waals surface area contributed by atoms with Crippen LogP contribution >= 0.6 is 11.6 Å². The summed E-state index contributed by atoms with van der Waals surface area (Å²) >= 11 is 6.08. The number of fused-ring (bicyclic) bond motifs is 1. The van der Waals surface area contributed by atoms with Gasteiger partial charge in [0.25, 0.3) is 0 Å². The van der Waals surface area contributed by atoms with E-state index in [1.165, 1.54) is 0 Å². The maximum absolute atomic E-state index is 11.7. The lowest BCUT2D eigenvalue weighted by molar-refractivity contribution is -0.130. The fourth-order valence-corrected chi connectivity index (χ4v) is 3.61. The molecule has 9 heteroatoms. The Balaban J connectivity index is 1.96. The van der Waals surface area contributed by atoms with Crippen LogP contribution in [0.5, 0.6) is 5.88 Å². The Morgan fingerprint density at radius 3 is 2.93 bits per heavy atom. The van der Waals surface area contributed by atoms with Gasteiger partial charge in [0.05, 0.1) is 17.0 Å². The molecule has 1 unspecified atom stereocenters. The molecule has 0 N–H and O–H groups in total. The Morgan fingerprint density at radius 1 is 1.44 bits per heavy atom. The molecule has 1 amide bonds. The van der Waals surface area contributed by atoms with Crippen molar-refractivity contribution in [2.24, 2.45) is 5.11 Å². The molecule has 27 heavy (non-hydrogen) atoms. The molecule has 0 bridgehead atoms. The van der Waals surface area contributed by atoms with Crippen LogP contribution in [0.2, 0.25) is 5.15 Å². The molecule has 2 aromatic rings. The third kappa shape index (κ3) is 3.91. The minimum Gasteiger partial charge on any atom is -0.475 e. The number of carbonyl (C=O) groups excluding carboxylic acids is 1. The second-order valence-corrected chi connectivity index (χ2v) is 7.48. The number of hydrogen-bond donors (Lipinski definition) is 0. The number of carbonyl (C=O) groups is 1. The van der Waals surface area contributed by atoms with Gasteiger partial charge in [-0.25, -0.2) is 9.97 Å². The summed E-state index contributed by atoms with van der Waals surface area (Å²) in [4.78, 5) is 25.0. The molecule has 0 aromatic carbocycles. The summed E-state index contributed by atoms with van der Waals surface area (Å²) in [6.45, 7) is 6.31. The molecule has 0 aliphatic carbocycles. The number of rotatable bonds is 5. The van der Waals surface area contributed by atoms with Crippen molar-refractivity contribution in [1.29, 1.82) is 0 Å². The van der Waals surface area contributed by atoms with E-state index in [-0.39, 0.29) is 11.9 Å². The second-order valence-electron chi connectivity index (χ2n) is 7.10. The molecule has 8 nitrogen and oxygen atoms in total. The van der Waals surface area contributed by atoms with E-state index in [0.29, 0.717) is 23.0 Å². The van der Waals surface area contributed by atoms with Gasteiger partial charge < -0.3 is 9.64 Å². The lowest BCUT2D eigenvalue weighted by Gasteiger charge is -2.24. The van der Waals surface area contributed by atoms with Crippen LogP contribution in [0.15, 0.2) is 23.6 Å². The molecule has 2 aromatic heterocycles. The molecule has 1 aliphatic heterocycles. The van der Waals surface area contributed by atoms with Gasteiger partial charge in [-0.3, -0.25) is 4.79 Å². The fraction of sp³-hybridized carbons (Fsp3) is 0.500. The Labute approximate surface area is 162 Å². The number of amides is 1. The molecule has 1 fully saturated rings. The first-order valence-corrected chi connectivity index (χ1v) is 9.12. The molecule has 3 heterocycles. The van der Waals surface area contributed by atoms with Gasteiger partial charge in [-0.1, -0.05) is 30.6 Å². The first-order valence-electron chi connectivity index (χ1n) is 8.74. The normalized spacial score (nSPS) is 17.0. The number of azide groups is 1. The van der Waals surface area contributed by atoms with Crippen molar-refractivity contribution in [1.82, 2.24) is 14.9 Å². The Bertz CT molecular complexity index is 925. The summed E-state index contributed by atoms with van der Waals surface area (Å²) in [5, 5.41) is 5.65. The predicted octanol–water partition coefficient (Wildman–Crippen LogP) is 4.22. The standard InChI is InChI=1S/C18H21ClN6O2/c1-11(26)25-6-4-5-12(25)10-27-17-14-8-21-16(19)7-13(14)15(9-22-17)18(2,3)23-24-20/h7-9,12H,4-6,10H2,1-3H3. The fourth-order valence-electron chi connectivity index (χ4n) is 3.45. The summed E-state index contributed by atoms with van der Waals surface area (Å²) in [5.41, 5.74) is 8.79. The summed E-state index contributed by atoms with van der Waals surface area (Å²) in [6, 6.07) is 1.76. The monoisotopic (exact) mass is 388 g/mol. The van der Waals surface area contributed by atoms with Crippen LogP contribution in [0.1, 0.15) is 39.2 Å². The van der Waals surface area contributed by atoms with Crippen molar-refractivity contribution >= 4 is 28.3 Å². The van der Waals surface area contributed by atoms with Crippen molar-refractivity contribution < 1.29 is 9.53 Å². The highest BCUT2D eigenvalue weighted by atomic mass is 35.5. The van der Waals surface area contributed by atoms with E-state index in [1.54, 1.807) is 39.2 Å². The Kier molecular flexibility index (Phi) is 5.39. The number of halogens is 1. The molecule has 0 radical (unpaired) electrons. The minimum absolute atomic E-state index is 0.0407. The number of likely N-dealkylation sites (tertiary alicyclic amines) is 1. The minimum atomic E-state index is -0.805. The van der Waals surface area contributed by atoms with Gasteiger partial charge in [0.1, 0.15) is 11.8 Å². The largest absolute Gasteiger partial charge is 0.475 e. The highest BCUT2D eigenvalue weighted by molar-refractivity contribution is 6.30. The molecular formula is C18H21ClN6O2. The molecular weight excluding hydrogens is 368 g/mol. The zero-order chi connectivity index (χ0) is 19.6. The zero-order valence-corrected chi connectivity index (χ0v) is 16.3. The third-order valence-electron chi connectivity index (χ3n) is 4.85. The highest BCUT2D eigenvalue weighted by Crippen LogP contribution is 2.35. The van der Waals surface area contributed by atoms with E-state index in [0.717, 1.165) is 30.3 Å². The maximum atomic E-state index is 11.7. The molecule has 1 aliphatic rings. The van der Waals surface area contributed by atoms with Crippen LogP contribution in [-0.2, 0) is 10.3 Å². The van der Waals surface area contributed by atoms with Gasteiger partial charge in [0.15, 0.2) is 0 Å². The van der Waals surface area contributed by atoms with E-state index in [1.807, 2.05) is 4.90 Å². The molecule has 1 saturated heterocycles. The number of aromatic nitrogens is 2. The average molecular weight is 389 g/mol. The molecule has 0 saturated carbocycles. The van der Waals surface area contributed by atoms with E-state index in [9.17, 15) is 4.79 Å². The Morgan fingerprint density at radius 2 is 2.22 bits per heavy atom. The van der Waals surface area contributed by atoms with Crippen LogP contribution in [0, 0.1) is 0 Å². The average Bonchev–Trinajstić information content (AvgIpc) is 3.08. The van der Waals surface area contributed by atoms with Crippen molar-refractivity contribution in [2.75, 3.05) is 13.2 Å². The third-order valence-corrected chi connectivity index (χ3v) is 5.06. The zero-order valence-electron chi connectivity index (χ0n) is 15.5. The van der Waals surface area contributed by atoms with Crippen molar-refractivity contribution in [3.63, 3.8) is 0 Å². The quantitative estimate of drug-likeness (QED) is 0.331. The molecule has 3 rings (SSSR count). The number of pyridine rings is 2. The van der Waals surface area contributed by atoms with Gasteiger partial charge in [-0.15, -0.1) is 0 Å². The SMILES string of the molecule is CC(=O)N1CCCC1COc1ncc(C(C)(C)N=[N+]=[N-])c2cc(Cl)ncc12. The first-order chi connectivity index (χ1) is 12.8. The topological polar surface area (TPSA) is 104 Å². The number of ether oxygens (including phenoxy) is 1. The van der Waals surface area contributed by atoms with Crippen LogP contribution < -0.4 is 4.74 Å². The summed E-state index contributed by atoms with van der Waals surface area (Å²) in [7, 11) is 0. The second kappa shape index (κ2) is 7.58. The lowest BCUT2D eigenvalue weighted by Crippen LogP contribution is -2.37. The van der Waals surface area contributed by atoms with Crippen molar-refractivity contribution in [3.05, 3.63) is 39.6 Å². The highest BCUT2D eigenvalue weighted by Gasteiger charge is 2.28. The van der Waals surface area contributed by atoms with Crippen molar-refractivity contribution in [2.45, 2.75) is 45.2 Å². The van der Waals surface area contributed by atoms with Gasteiger partial charge in [0.2, 0.25) is 11.8 Å². The van der Waals surface area contributed by atoms with Gasteiger partial charge in [-0.2, -0.15) is 0 Å². The Hall–Kier alpha value is -2.57. The van der Waals surface area contributed by atoms with Crippen LogP contribution in [0.4, 0.5) is 0 Å². The van der Waals surface area contributed by atoms with Gasteiger partial charge >= 0.3 is 0 Å². The van der Waals surface area contributed by atoms with E-state index in [2.05, 4.69) is 20.0 Å². The summed E-state index contributed by atoms with van der Waals surface area (Å²) in [5.74, 6) is 0.476. The molecule has 142 valence electrons. The predicted molar refractivity (Wildman–Crippen MR) is 103 cm³/mol. The van der Waals surface area contributed by atoms with Gasteiger partial charge in [0, 0.05) is 30.8 Å². The van der Waals surface area contributed by atoms with Crippen molar-refractivity contribution in [3.8, 4) is 5.88 Å². The van der Waals surface area contributed by atoms with Crippen LogP contribution in [0.25, 0.3) is 21.2 Å². The number of nitrogens with zero attached hydrogens (tertiary/aromatic N) is 6. The lowest BCUT2D eigenvalue weighted by atomic mass is 9.93. The van der Waals surface area contributed by atoms with E-state index >= 15 is 0 Å². The van der Waals surface area contributed by atoms with Crippen LogP contribution in [0.3, 0.4) is 0 Å². The van der Waals surface area contributed by atoms with Crippen LogP contribution in [-0.4, -0.2) is 40.0 Å².